The molecule has 1 saturated carbocycles. The van der Waals surface area contributed by atoms with E-state index < -0.39 is 5.60 Å². The number of nitrogens with zero attached hydrogens (tertiary/aromatic N) is 1. The molecule has 1 amide bonds. The Kier molecular flexibility index (Phi) is 4.09. The first kappa shape index (κ1) is 14.6. The van der Waals surface area contributed by atoms with Gasteiger partial charge in [0, 0.05) is 18.6 Å². The Bertz CT molecular complexity index is 324. The number of nitrogens with one attached hydrogen (secondary N) is 1. The van der Waals surface area contributed by atoms with Crippen LogP contribution < -0.4 is 5.32 Å². The van der Waals surface area contributed by atoms with Gasteiger partial charge in [-0.3, -0.25) is 0 Å². The van der Waals surface area contributed by atoms with E-state index in [4.69, 9.17) is 4.74 Å². The van der Waals surface area contributed by atoms with Crippen LogP contribution in [0.15, 0.2) is 0 Å². The van der Waals surface area contributed by atoms with E-state index >= 15 is 0 Å². The molecule has 1 aliphatic carbocycles. The number of rotatable bonds is 3. The molecule has 0 unspecified atom stereocenters. The second-order valence-electron chi connectivity index (χ2n) is 7.35. The average Bonchev–Trinajstić information content (AvgIpc) is 3.09. The minimum atomic E-state index is -0.401. The lowest BCUT2D eigenvalue weighted by Crippen LogP contribution is -2.53. The predicted octanol–water partition coefficient (Wildman–Crippen LogP) is 2.78. The molecule has 0 aromatic heterocycles. The third-order valence-electron chi connectivity index (χ3n) is 4.03. The number of hydrogen-bond donors (Lipinski definition) is 1. The summed E-state index contributed by atoms with van der Waals surface area (Å²) in [5.74, 6) is 0.903. The van der Waals surface area contributed by atoms with Crippen LogP contribution in [0.25, 0.3) is 0 Å². The van der Waals surface area contributed by atoms with E-state index in [2.05, 4.69) is 12.2 Å². The molecule has 0 spiro atoms. The highest BCUT2D eigenvalue weighted by atomic mass is 16.6. The van der Waals surface area contributed by atoms with Gasteiger partial charge in [0.1, 0.15) is 5.60 Å². The number of hydrogen-bond acceptors (Lipinski definition) is 3. The molecule has 0 aromatic rings. The lowest BCUT2D eigenvalue weighted by molar-refractivity contribution is 0.0157. The van der Waals surface area contributed by atoms with Gasteiger partial charge in [-0.1, -0.05) is 0 Å². The number of carbonyl (C=O) groups is 1. The van der Waals surface area contributed by atoms with Crippen molar-refractivity contribution < 1.29 is 9.53 Å². The Hall–Kier alpha value is -0.770. The van der Waals surface area contributed by atoms with Crippen LogP contribution in [-0.2, 0) is 4.74 Å². The standard InChI is InChI=1S/C15H28N2O2/c1-14(2,3)19-13(18)17-9-7-15(4,8-10-17)16-11-12-5-6-12/h12,16H,5-11H2,1-4H3. The Morgan fingerprint density at radius 3 is 2.37 bits per heavy atom. The summed E-state index contributed by atoms with van der Waals surface area (Å²) in [6, 6.07) is 0. The maximum absolute atomic E-state index is 12.0. The summed E-state index contributed by atoms with van der Waals surface area (Å²) in [6.07, 6.45) is 4.62. The lowest BCUT2D eigenvalue weighted by Gasteiger charge is -2.40. The molecule has 1 heterocycles. The summed E-state index contributed by atoms with van der Waals surface area (Å²) in [6.45, 7) is 10.7. The van der Waals surface area contributed by atoms with Crippen LogP contribution >= 0.6 is 0 Å². The summed E-state index contributed by atoms with van der Waals surface area (Å²) in [4.78, 5) is 13.8. The van der Waals surface area contributed by atoms with E-state index in [1.807, 2.05) is 25.7 Å². The minimum Gasteiger partial charge on any atom is -0.444 e. The van der Waals surface area contributed by atoms with Crippen LogP contribution in [0.3, 0.4) is 0 Å². The van der Waals surface area contributed by atoms with Crippen molar-refractivity contribution in [2.24, 2.45) is 5.92 Å². The highest BCUT2D eigenvalue weighted by Gasteiger charge is 2.34. The van der Waals surface area contributed by atoms with Crippen molar-refractivity contribution in [1.29, 1.82) is 0 Å². The quantitative estimate of drug-likeness (QED) is 0.855. The van der Waals surface area contributed by atoms with E-state index in [9.17, 15) is 4.79 Å². The Morgan fingerprint density at radius 1 is 1.32 bits per heavy atom. The zero-order chi connectivity index (χ0) is 14.1. The fourth-order valence-electron chi connectivity index (χ4n) is 2.40. The van der Waals surface area contributed by atoms with Gasteiger partial charge < -0.3 is 15.0 Å². The molecule has 19 heavy (non-hydrogen) atoms. The van der Waals surface area contributed by atoms with E-state index in [1.165, 1.54) is 12.8 Å². The summed E-state index contributed by atoms with van der Waals surface area (Å²) in [7, 11) is 0. The van der Waals surface area contributed by atoms with E-state index in [0.717, 1.165) is 38.4 Å². The van der Waals surface area contributed by atoms with Gasteiger partial charge in [-0.05, 0) is 65.8 Å². The van der Waals surface area contributed by atoms with Crippen molar-refractivity contribution in [3.63, 3.8) is 0 Å². The summed E-state index contributed by atoms with van der Waals surface area (Å²) in [5.41, 5.74) is -0.205. The van der Waals surface area contributed by atoms with Gasteiger partial charge in [0.2, 0.25) is 0 Å². The Labute approximate surface area is 116 Å². The third kappa shape index (κ3) is 4.68. The van der Waals surface area contributed by atoms with Gasteiger partial charge in [-0.15, -0.1) is 0 Å². The van der Waals surface area contributed by atoms with Crippen molar-refractivity contribution in [3.05, 3.63) is 0 Å². The van der Waals surface area contributed by atoms with Gasteiger partial charge in [0.05, 0.1) is 0 Å². The predicted molar refractivity (Wildman–Crippen MR) is 76.2 cm³/mol. The molecule has 1 N–H and O–H groups in total. The van der Waals surface area contributed by atoms with Crippen molar-refractivity contribution in [2.75, 3.05) is 19.6 Å². The van der Waals surface area contributed by atoms with Crippen LogP contribution in [0.4, 0.5) is 4.79 Å². The summed E-state index contributed by atoms with van der Waals surface area (Å²) >= 11 is 0. The Morgan fingerprint density at radius 2 is 1.89 bits per heavy atom. The van der Waals surface area contributed by atoms with Gasteiger partial charge in [0.25, 0.3) is 0 Å². The average molecular weight is 268 g/mol. The Balaban J connectivity index is 1.75. The van der Waals surface area contributed by atoms with Crippen molar-refractivity contribution in [1.82, 2.24) is 10.2 Å². The van der Waals surface area contributed by atoms with Crippen molar-refractivity contribution in [2.45, 2.75) is 64.5 Å². The molecule has 2 fully saturated rings. The van der Waals surface area contributed by atoms with Crippen LogP contribution in [0.5, 0.6) is 0 Å². The molecule has 2 aliphatic rings. The molecule has 4 nitrogen and oxygen atoms in total. The molecular formula is C15H28N2O2. The van der Waals surface area contributed by atoms with Gasteiger partial charge in [-0.25, -0.2) is 4.79 Å². The number of ether oxygens (including phenoxy) is 1. The monoisotopic (exact) mass is 268 g/mol. The second-order valence-corrected chi connectivity index (χ2v) is 7.35. The molecule has 4 heteroatoms. The maximum atomic E-state index is 12.0. The lowest BCUT2D eigenvalue weighted by atomic mass is 9.89. The van der Waals surface area contributed by atoms with Crippen LogP contribution in [0.2, 0.25) is 0 Å². The zero-order valence-electron chi connectivity index (χ0n) is 12.8. The minimum absolute atomic E-state index is 0.170. The highest BCUT2D eigenvalue weighted by Crippen LogP contribution is 2.30. The maximum Gasteiger partial charge on any atom is 0.410 e. The molecule has 0 atom stereocenters. The van der Waals surface area contributed by atoms with Crippen molar-refractivity contribution >= 4 is 6.09 Å². The van der Waals surface area contributed by atoms with Gasteiger partial charge in [-0.2, -0.15) is 0 Å². The summed E-state index contributed by atoms with van der Waals surface area (Å²) < 4.78 is 5.42. The molecule has 110 valence electrons. The number of amides is 1. The molecule has 2 rings (SSSR count). The normalized spacial score (nSPS) is 23.3. The van der Waals surface area contributed by atoms with E-state index in [-0.39, 0.29) is 11.6 Å². The van der Waals surface area contributed by atoms with Crippen LogP contribution in [-0.4, -0.2) is 41.8 Å². The van der Waals surface area contributed by atoms with Crippen LogP contribution in [0, 0.1) is 5.92 Å². The van der Waals surface area contributed by atoms with Gasteiger partial charge in [0.15, 0.2) is 0 Å². The first-order valence-electron chi connectivity index (χ1n) is 7.50. The first-order valence-corrected chi connectivity index (χ1v) is 7.50. The fraction of sp³-hybridized carbons (Fsp3) is 0.933. The molecular weight excluding hydrogens is 240 g/mol. The zero-order valence-corrected chi connectivity index (χ0v) is 12.8. The summed E-state index contributed by atoms with van der Waals surface area (Å²) in [5, 5.41) is 3.69. The topological polar surface area (TPSA) is 41.6 Å². The number of piperidine rings is 1. The molecule has 0 radical (unpaired) electrons. The smallest absolute Gasteiger partial charge is 0.410 e. The van der Waals surface area contributed by atoms with E-state index in [0.29, 0.717) is 0 Å². The molecule has 0 aromatic carbocycles. The number of likely N-dealkylation sites (tertiary alicyclic amines) is 1. The molecule has 1 aliphatic heterocycles. The fourth-order valence-corrected chi connectivity index (χ4v) is 2.40. The largest absolute Gasteiger partial charge is 0.444 e. The highest BCUT2D eigenvalue weighted by molar-refractivity contribution is 5.68. The third-order valence-corrected chi connectivity index (χ3v) is 4.03. The molecule has 1 saturated heterocycles. The number of carbonyl (C=O) groups excluding carboxylic acids is 1. The SMILES string of the molecule is CC1(NCC2CC2)CCN(C(=O)OC(C)(C)C)CC1. The van der Waals surface area contributed by atoms with E-state index in [1.54, 1.807) is 0 Å². The van der Waals surface area contributed by atoms with Gasteiger partial charge >= 0.3 is 6.09 Å². The molecule has 0 bridgehead atoms. The second kappa shape index (κ2) is 5.31. The van der Waals surface area contributed by atoms with Crippen molar-refractivity contribution in [3.8, 4) is 0 Å². The first-order chi connectivity index (χ1) is 8.77. The van der Waals surface area contributed by atoms with Crippen LogP contribution in [0.1, 0.15) is 53.4 Å².